The molecule has 1 saturated heterocycles. The van der Waals surface area contributed by atoms with Crippen LogP contribution in [0.15, 0.2) is 53.4 Å². The van der Waals surface area contributed by atoms with Crippen molar-refractivity contribution in [3.05, 3.63) is 54.1 Å². The number of carbonyl (C=O) groups is 1. The number of rotatable bonds is 5. The Bertz CT molecular complexity index is 933. The van der Waals surface area contributed by atoms with Crippen molar-refractivity contribution in [2.75, 3.05) is 31.6 Å². The van der Waals surface area contributed by atoms with Crippen LogP contribution in [0.2, 0.25) is 0 Å². The van der Waals surface area contributed by atoms with E-state index in [1.807, 2.05) is 4.90 Å². The van der Waals surface area contributed by atoms with E-state index in [1.165, 1.54) is 30.6 Å². The van der Waals surface area contributed by atoms with Gasteiger partial charge in [0.1, 0.15) is 5.75 Å². The molecular weight excluding hydrogens is 376 g/mol. The van der Waals surface area contributed by atoms with Gasteiger partial charge in [-0.1, -0.05) is 13.0 Å². The van der Waals surface area contributed by atoms with Crippen molar-refractivity contribution < 1.29 is 17.9 Å². The fraction of sp³-hybridized carbons (Fsp3) is 0.381. The number of ether oxygens (including phenoxy) is 1. The summed E-state index contributed by atoms with van der Waals surface area (Å²) in [6.45, 7) is 3.68. The van der Waals surface area contributed by atoms with Crippen LogP contribution in [0.4, 0.5) is 5.69 Å². The molecule has 1 amide bonds. The second-order valence-electron chi connectivity index (χ2n) is 7.17. The number of sulfonamides is 1. The van der Waals surface area contributed by atoms with E-state index in [0.717, 1.165) is 25.9 Å². The van der Waals surface area contributed by atoms with Gasteiger partial charge in [0.15, 0.2) is 0 Å². The maximum absolute atomic E-state index is 12.9. The molecule has 0 N–H and O–H groups in total. The van der Waals surface area contributed by atoms with Crippen LogP contribution in [0.5, 0.6) is 5.75 Å². The molecule has 1 aliphatic heterocycles. The van der Waals surface area contributed by atoms with Crippen LogP contribution in [0.3, 0.4) is 0 Å². The number of hydrogen-bond acceptors (Lipinski definition) is 4. The number of likely N-dealkylation sites (tertiary alicyclic amines) is 1. The molecule has 0 bridgehead atoms. The number of methoxy groups -OCH3 is 1. The summed E-state index contributed by atoms with van der Waals surface area (Å²) in [7, 11) is -0.718. The summed E-state index contributed by atoms with van der Waals surface area (Å²) in [6, 6.07) is 13.0. The summed E-state index contributed by atoms with van der Waals surface area (Å²) < 4.78 is 32.2. The van der Waals surface area contributed by atoms with Gasteiger partial charge in [0.05, 0.1) is 17.7 Å². The smallest absolute Gasteiger partial charge is 0.264 e. The van der Waals surface area contributed by atoms with Crippen LogP contribution in [-0.4, -0.2) is 46.5 Å². The third-order valence-corrected chi connectivity index (χ3v) is 7.05. The van der Waals surface area contributed by atoms with Crippen molar-refractivity contribution in [2.24, 2.45) is 5.92 Å². The van der Waals surface area contributed by atoms with Gasteiger partial charge < -0.3 is 9.64 Å². The summed E-state index contributed by atoms with van der Waals surface area (Å²) in [6.07, 6.45) is 1.99. The molecule has 7 heteroatoms. The lowest BCUT2D eigenvalue weighted by atomic mass is 9.98. The summed E-state index contributed by atoms with van der Waals surface area (Å²) >= 11 is 0. The zero-order valence-corrected chi connectivity index (χ0v) is 17.3. The van der Waals surface area contributed by atoms with Gasteiger partial charge in [-0.2, -0.15) is 0 Å². The number of nitrogens with zero attached hydrogens (tertiary/aromatic N) is 2. The molecule has 3 rings (SSSR count). The molecule has 0 unspecified atom stereocenters. The monoisotopic (exact) mass is 402 g/mol. The van der Waals surface area contributed by atoms with Crippen LogP contribution < -0.4 is 9.04 Å². The summed E-state index contributed by atoms with van der Waals surface area (Å²) in [4.78, 5) is 14.8. The molecular formula is C21H26N2O4S. The van der Waals surface area contributed by atoms with E-state index in [1.54, 1.807) is 36.4 Å². The first kappa shape index (κ1) is 20.2. The van der Waals surface area contributed by atoms with E-state index in [9.17, 15) is 13.2 Å². The Kier molecular flexibility index (Phi) is 5.93. The molecule has 0 aliphatic carbocycles. The number of amides is 1. The number of anilines is 1. The van der Waals surface area contributed by atoms with Crippen molar-refractivity contribution >= 4 is 21.6 Å². The van der Waals surface area contributed by atoms with E-state index in [0.29, 0.717) is 22.9 Å². The van der Waals surface area contributed by atoms with E-state index < -0.39 is 10.0 Å². The Hall–Kier alpha value is -2.54. The number of piperidine rings is 1. The lowest BCUT2D eigenvalue weighted by Crippen LogP contribution is -2.38. The van der Waals surface area contributed by atoms with E-state index in [2.05, 4.69) is 6.92 Å². The molecule has 1 heterocycles. The summed E-state index contributed by atoms with van der Waals surface area (Å²) in [5, 5.41) is 0. The molecule has 2 aromatic rings. The first-order valence-electron chi connectivity index (χ1n) is 9.35. The molecule has 1 fully saturated rings. The Morgan fingerprint density at radius 2 is 1.75 bits per heavy atom. The fourth-order valence-corrected chi connectivity index (χ4v) is 4.46. The Morgan fingerprint density at radius 1 is 1.11 bits per heavy atom. The SMILES string of the molecule is COc1ccc(S(=O)(=O)N(C)c2cccc(C(=O)N3CCC(C)CC3)c2)cc1. The van der Waals surface area contributed by atoms with Crippen molar-refractivity contribution in [1.82, 2.24) is 4.90 Å². The molecule has 1 aliphatic rings. The lowest BCUT2D eigenvalue weighted by molar-refractivity contribution is 0.0697. The second-order valence-corrected chi connectivity index (χ2v) is 9.14. The standard InChI is InChI=1S/C21H26N2O4S/c1-16-11-13-23(14-12-16)21(24)17-5-4-6-18(15-17)22(2)28(25,26)20-9-7-19(27-3)8-10-20/h4-10,15-16H,11-14H2,1-3H3. The van der Waals surface area contributed by atoms with Gasteiger partial charge in [0.2, 0.25) is 0 Å². The van der Waals surface area contributed by atoms with Crippen molar-refractivity contribution in [1.29, 1.82) is 0 Å². The van der Waals surface area contributed by atoms with Gasteiger partial charge in [-0.05, 0) is 61.2 Å². The molecule has 0 radical (unpaired) electrons. The zero-order chi connectivity index (χ0) is 20.3. The van der Waals surface area contributed by atoms with E-state index >= 15 is 0 Å². The quantitative estimate of drug-likeness (QED) is 0.769. The Morgan fingerprint density at radius 3 is 2.36 bits per heavy atom. The zero-order valence-electron chi connectivity index (χ0n) is 16.5. The highest BCUT2D eigenvalue weighted by Crippen LogP contribution is 2.25. The third-order valence-electron chi connectivity index (χ3n) is 5.25. The van der Waals surface area contributed by atoms with Crippen LogP contribution in [0.1, 0.15) is 30.1 Å². The highest BCUT2D eigenvalue weighted by atomic mass is 32.2. The average molecular weight is 403 g/mol. The van der Waals surface area contributed by atoms with Gasteiger partial charge in [-0.15, -0.1) is 0 Å². The molecule has 2 aromatic carbocycles. The van der Waals surface area contributed by atoms with Crippen LogP contribution in [0, 0.1) is 5.92 Å². The molecule has 0 spiro atoms. The molecule has 150 valence electrons. The predicted octanol–water partition coefficient (Wildman–Crippen LogP) is 3.39. The maximum Gasteiger partial charge on any atom is 0.264 e. The summed E-state index contributed by atoms with van der Waals surface area (Å²) in [5.74, 6) is 1.17. The Labute approximate surface area is 166 Å². The first-order chi connectivity index (χ1) is 13.3. The van der Waals surface area contributed by atoms with E-state index in [4.69, 9.17) is 4.74 Å². The van der Waals surface area contributed by atoms with Gasteiger partial charge >= 0.3 is 0 Å². The van der Waals surface area contributed by atoms with E-state index in [-0.39, 0.29) is 10.8 Å². The molecule has 6 nitrogen and oxygen atoms in total. The highest BCUT2D eigenvalue weighted by Gasteiger charge is 2.24. The molecule has 0 saturated carbocycles. The fourth-order valence-electron chi connectivity index (χ4n) is 3.27. The topological polar surface area (TPSA) is 66.9 Å². The predicted molar refractivity (Wildman–Crippen MR) is 109 cm³/mol. The van der Waals surface area contributed by atoms with Crippen LogP contribution in [0.25, 0.3) is 0 Å². The Balaban J connectivity index is 1.83. The molecule has 0 atom stereocenters. The minimum atomic E-state index is -3.74. The maximum atomic E-state index is 12.9. The van der Waals surface area contributed by atoms with Gasteiger partial charge in [-0.25, -0.2) is 8.42 Å². The first-order valence-corrected chi connectivity index (χ1v) is 10.8. The van der Waals surface area contributed by atoms with Crippen LogP contribution >= 0.6 is 0 Å². The molecule has 28 heavy (non-hydrogen) atoms. The van der Waals surface area contributed by atoms with Gasteiger partial charge in [-0.3, -0.25) is 9.10 Å². The number of hydrogen-bond donors (Lipinski definition) is 0. The third kappa shape index (κ3) is 4.14. The van der Waals surface area contributed by atoms with Crippen molar-refractivity contribution in [2.45, 2.75) is 24.7 Å². The second kappa shape index (κ2) is 8.22. The lowest BCUT2D eigenvalue weighted by Gasteiger charge is -2.30. The van der Waals surface area contributed by atoms with Crippen molar-refractivity contribution in [3.8, 4) is 5.75 Å². The van der Waals surface area contributed by atoms with Gasteiger partial charge in [0, 0.05) is 25.7 Å². The van der Waals surface area contributed by atoms with Gasteiger partial charge in [0.25, 0.3) is 15.9 Å². The van der Waals surface area contributed by atoms with Crippen molar-refractivity contribution in [3.63, 3.8) is 0 Å². The minimum Gasteiger partial charge on any atom is -0.497 e. The minimum absolute atomic E-state index is 0.0519. The number of benzene rings is 2. The highest BCUT2D eigenvalue weighted by molar-refractivity contribution is 7.92. The normalized spacial score (nSPS) is 15.3. The number of carbonyl (C=O) groups excluding carboxylic acids is 1. The largest absolute Gasteiger partial charge is 0.497 e. The van der Waals surface area contributed by atoms with Crippen LogP contribution in [-0.2, 0) is 10.0 Å². The average Bonchev–Trinajstić information content (AvgIpc) is 2.73. The summed E-state index contributed by atoms with van der Waals surface area (Å²) in [5.41, 5.74) is 0.955. The molecule has 0 aromatic heterocycles.